The van der Waals surface area contributed by atoms with Gasteiger partial charge >= 0.3 is 0 Å². The van der Waals surface area contributed by atoms with Gasteiger partial charge < -0.3 is 21.5 Å². The number of benzene rings is 1. The molecule has 5 N–H and O–H groups in total. The number of allylic oxidation sites excluding steroid dienone is 1. The summed E-state index contributed by atoms with van der Waals surface area (Å²) in [6.45, 7) is 0. The van der Waals surface area contributed by atoms with E-state index in [1.54, 1.807) is 31.4 Å². The van der Waals surface area contributed by atoms with Crippen LogP contribution in [0.4, 0.5) is 5.69 Å². The zero-order valence-corrected chi connectivity index (χ0v) is 16.9. The number of carbonyl (C=O) groups is 2. The van der Waals surface area contributed by atoms with Gasteiger partial charge in [0.25, 0.3) is 0 Å². The highest BCUT2D eigenvalue weighted by atomic mass is 32.2. The number of carbonyl (C=O) groups excluding carboxylic acids is 2. The molecular formula is C20H23N5O3S. The van der Waals surface area contributed by atoms with Gasteiger partial charge in [-0.2, -0.15) is 5.26 Å². The summed E-state index contributed by atoms with van der Waals surface area (Å²) >= 11 is 1.13. The lowest BCUT2D eigenvalue weighted by atomic mass is 9.67. The largest absolute Gasteiger partial charge is 0.497 e. The molecule has 0 radical (unpaired) electrons. The molecular weight excluding hydrogens is 390 g/mol. The number of nitrogens with two attached hydrogens (primary N) is 2. The van der Waals surface area contributed by atoms with Crippen molar-refractivity contribution in [3.8, 4) is 11.8 Å². The topological polar surface area (TPSA) is 144 Å². The van der Waals surface area contributed by atoms with Crippen LogP contribution in [0.5, 0.6) is 5.75 Å². The smallest absolute Gasteiger partial charge is 0.234 e. The molecule has 0 bridgehead atoms. The van der Waals surface area contributed by atoms with E-state index in [4.69, 9.17) is 16.2 Å². The fourth-order valence-corrected chi connectivity index (χ4v) is 5.13. The van der Waals surface area contributed by atoms with Crippen molar-refractivity contribution in [3.05, 3.63) is 35.7 Å². The third-order valence-corrected chi connectivity index (χ3v) is 6.43. The average Bonchev–Trinajstić information content (AvgIpc) is 3.16. The Morgan fingerprint density at radius 1 is 1.34 bits per heavy atom. The van der Waals surface area contributed by atoms with Crippen LogP contribution < -0.4 is 21.5 Å². The van der Waals surface area contributed by atoms with Crippen LogP contribution in [0.1, 0.15) is 25.7 Å². The number of aliphatic imine (C=N–C) groups is 1. The number of nitrogens with zero attached hydrogens (tertiary/aromatic N) is 2. The number of rotatable bonds is 5. The molecule has 1 aliphatic heterocycles. The second-order valence-electron chi connectivity index (χ2n) is 7.09. The highest BCUT2D eigenvalue weighted by molar-refractivity contribution is 8.14. The first-order valence-electron chi connectivity index (χ1n) is 9.26. The first kappa shape index (κ1) is 20.7. The van der Waals surface area contributed by atoms with Crippen molar-refractivity contribution >= 4 is 34.3 Å². The summed E-state index contributed by atoms with van der Waals surface area (Å²) in [5.74, 6) is -0.694. The fraction of sp³-hybridized carbons (Fsp3) is 0.400. The van der Waals surface area contributed by atoms with Gasteiger partial charge in [-0.15, -0.1) is 0 Å². The van der Waals surface area contributed by atoms with Gasteiger partial charge in [-0.3, -0.25) is 9.59 Å². The molecule has 2 amide bonds. The van der Waals surface area contributed by atoms with E-state index in [1.807, 2.05) is 0 Å². The number of thioether (sulfide) groups is 1. The highest BCUT2D eigenvalue weighted by Crippen LogP contribution is 2.53. The zero-order chi connectivity index (χ0) is 21.0. The number of hydrogen-bond donors (Lipinski definition) is 3. The second-order valence-corrected chi connectivity index (χ2v) is 8.08. The molecule has 1 aromatic rings. The van der Waals surface area contributed by atoms with Gasteiger partial charge in [-0.1, -0.05) is 24.6 Å². The van der Waals surface area contributed by atoms with E-state index in [2.05, 4.69) is 16.4 Å². The standard InChI is InChI=1S/C20H23N5O3S/c1-28-13-6-4-12(5-7-13)24-15(26)11-29-19-16(18(23)27)20(8-2-3-9-20)14(10-21)17(22)25-19/h4-7,16H,2-3,8-9,11,22H2,1H3,(H2,23,27)(H,24,26). The predicted molar refractivity (Wildman–Crippen MR) is 112 cm³/mol. The Labute approximate surface area is 173 Å². The van der Waals surface area contributed by atoms with E-state index < -0.39 is 17.2 Å². The fourth-order valence-electron chi connectivity index (χ4n) is 4.11. The van der Waals surface area contributed by atoms with Crippen LogP contribution in [0, 0.1) is 22.7 Å². The number of hydrogen-bond acceptors (Lipinski definition) is 7. The van der Waals surface area contributed by atoms with Crippen LogP contribution in [-0.4, -0.2) is 29.7 Å². The third-order valence-electron chi connectivity index (χ3n) is 5.40. The Morgan fingerprint density at radius 2 is 2.00 bits per heavy atom. The summed E-state index contributed by atoms with van der Waals surface area (Å²) < 4.78 is 5.09. The predicted octanol–water partition coefficient (Wildman–Crippen LogP) is 2.13. The van der Waals surface area contributed by atoms with E-state index >= 15 is 0 Å². The van der Waals surface area contributed by atoms with Gasteiger partial charge in [-0.25, -0.2) is 4.99 Å². The van der Waals surface area contributed by atoms with E-state index in [1.165, 1.54) is 0 Å². The molecule has 29 heavy (non-hydrogen) atoms. The Hall–Kier alpha value is -2.99. The van der Waals surface area contributed by atoms with Crippen LogP contribution in [-0.2, 0) is 9.59 Å². The zero-order valence-electron chi connectivity index (χ0n) is 16.1. The minimum absolute atomic E-state index is 0.0416. The first-order chi connectivity index (χ1) is 13.9. The summed E-state index contributed by atoms with van der Waals surface area (Å²) in [7, 11) is 1.57. The lowest BCUT2D eigenvalue weighted by Gasteiger charge is -2.38. The maximum atomic E-state index is 12.4. The number of ether oxygens (including phenoxy) is 1. The maximum absolute atomic E-state index is 12.4. The number of anilines is 1. The monoisotopic (exact) mass is 413 g/mol. The molecule has 0 aromatic heterocycles. The number of amides is 2. The maximum Gasteiger partial charge on any atom is 0.234 e. The van der Waals surface area contributed by atoms with Gasteiger partial charge in [0.15, 0.2) is 0 Å². The minimum Gasteiger partial charge on any atom is -0.497 e. The molecule has 9 heteroatoms. The number of primary amides is 1. The van der Waals surface area contributed by atoms with Gasteiger partial charge in [-0.05, 0) is 37.1 Å². The van der Waals surface area contributed by atoms with Crippen molar-refractivity contribution in [2.45, 2.75) is 25.7 Å². The normalized spacial score (nSPS) is 20.1. The molecule has 1 aromatic carbocycles. The SMILES string of the molecule is COc1ccc(NC(=O)CSC2=NC(N)=C(C#N)C3(CCCC3)C2C(N)=O)cc1. The number of methoxy groups -OCH3 is 1. The van der Waals surface area contributed by atoms with E-state index in [9.17, 15) is 14.9 Å². The molecule has 1 atom stereocenters. The Bertz CT molecular complexity index is 911. The van der Waals surface area contributed by atoms with Crippen molar-refractivity contribution in [2.75, 3.05) is 18.2 Å². The quantitative estimate of drug-likeness (QED) is 0.674. The van der Waals surface area contributed by atoms with Crippen LogP contribution >= 0.6 is 11.8 Å². The summed E-state index contributed by atoms with van der Waals surface area (Å²) in [4.78, 5) is 29.0. The van der Waals surface area contributed by atoms with Gasteiger partial charge in [0.05, 0.1) is 35.5 Å². The first-order valence-corrected chi connectivity index (χ1v) is 10.2. The van der Waals surface area contributed by atoms with Crippen molar-refractivity contribution in [3.63, 3.8) is 0 Å². The Balaban J connectivity index is 1.76. The third kappa shape index (κ3) is 4.07. The van der Waals surface area contributed by atoms with Crippen molar-refractivity contribution < 1.29 is 14.3 Å². The molecule has 1 heterocycles. The Morgan fingerprint density at radius 3 is 2.55 bits per heavy atom. The van der Waals surface area contributed by atoms with Gasteiger partial charge in [0.1, 0.15) is 11.6 Å². The Kier molecular flexibility index (Phi) is 6.13. The summed E-state index contributed by atoms with van der Waals surface area (Å²) in [6.07, 6.45) is 3.08. The van der Waals surface area contributed by atoms with Crippen molar-refractivity contribution in [1.82, 2.24) is 0 Å². The summed E-state index contributed by atoms with van der Waals surface area (Å²) in [5, 5.41) is 12.8. The lowest BCUT2D eigenvalue weighted by Crippen LogP contribution is -2.46. The molecule has 1 aliphatic carbocycles. The van der Waals surface area contributed by atoms with Gasteiger partial charge in [0, 0.05) is 11.1 Å². The molecule has 1 saturated carbocycles. The lowest BCUT2D eigenvalue weighted by molar-refractivity contribution is -0.122. The summed E-state index contributed by atoms with van der Waals surface area (Å²) in [5.41, 5.74) is 12.0. The summed E-state index contributed by atoms with van der Waals surface area (Å²) in [6, 6.07) is 9.10. The van der Waals surface area contributed by atoms with E-state index in [-0.39, 0.29) is 17.5 Å². The van der Waals surface area contributed by atoms with Gasteiger partial charge in [0.2, 0.25) is 11.8 Å². The van der Waals surface area contributed by atoms with Crippen LogP contribution in [0.2, 0.25) is 0 Å². The highest BCUT2D eigenvalue weighted by Gasteiger charge is 2.52. The molecule has 0 saturated heterocycles. The minimum atomic E-state index is -0.745. The van der Waals surface area contributed by atoms with Crippen LogP contribution in [0.25, 0.3) is 0 Å². The average molecular weight is 414 g/mol. The molecule has 8 nitrogen and oxygen atoms in total. The van der Waals surface area contributed by atoms with Crippen molar-refractivity contribution in [1.29, 1.82) is 5.26 Å². The molecule has 1 unspecified atom stereocenters. The second kappa shape index (κ2) is 8.57. The van der Waals surface area contributed by atoms with E-state index in [0.717, 1.165) is 24.6 Å². The van der Waals surface area contributed by atoms with Crippen molar-refractivity contribution in [2.24, 2.45) is 27.8 Å². The number of nitriles is 1. The molecule has 1 spiro atoms. The number of nitrogens with one attached hydrogen (secondary N) is 1. The molecule has 2 aliphatic rings. The van der Waals surface area contributed by atoms with E-state index in [0.29, 0.717) is 34.9 Å². The molecule has 1 fully saturated rings. The molecule has 152 valence electrons. The van der Waals surface area contributed by atoms with Crippen LogP contribution in [0.15, 0.2) is 40.7 Å². The van der Waals surface area contributed by atoms with Crippen LogP contribution in [0.3, 0.4) is 0 Å². The molecule has 3 rings (SSSR count).